The van der Waals surface area contributed by atoms with Gasteiger partial charge in [-0.2, -0.15) is 5.10 Å². The van der Waals surface area contributed by atoms with Crippen LogP contribution in [0.3, 0.4) is 0 Å². The summed E-state index contributed by atoms with van der Waals surface area (Å²) < 4.78 is 1.69. The van der Waals surface area contributed by atoms with Crippen molar-refractivity contribution in [3.63, 3.8) is 0 Å². The average molecular weight is 264 g/mol. The molecule has 6 heteroatoms. The van der Waals surface area contributed by atoms with Gasteiger partial charge in [-0.05, 0) is 12.0 Å². The molecule has 1 aromatic rings. The smallest absolute Gasteiger partial charge is 0.246 e. The molecule has 0 bridgehead atoms. The van der Waals surface area contributed by atoms with E-state index in [1.165, 1.54) is 0 Å². The minimum atomic E-state index is -0.407. The quantitative estimate of drug-likeness (QED) is 0.850. The Hall–Kier alpha value is -1.85. The van der Waals surface area contributed by atoms with Crippen molar-refractivity contribution in [1.82, 2.24) is 20.0 Å². The Morgan fingerprint density at radius 2 is 2.26 bits per heavy atom. The van der Waals surface area contributed by atoms with Crippen LogP contribution in [0.5, 0.6) is 0 Å². The van der Waals surface area contributed by atoms with Crippen LogP contribution in [0.1, 0.15) is 26.0 Å². The molecule has 2 unspecified atom stereocenters. The summed E-state index contributed by atoms with van der Waals surface area (Å²) in [6.07, 6.45) is 2.68. The topological polar surface area (TPSA) is 67.2 Å². The van der Waals surface area contributed by atoms with Crippen molar-refractivity contribution in [2.75, 3.05) is 6.54 Å². The second kappa shape index (κ2) is 5.42. The second-order valence-corrected chi connectivity index (χ2v) is 5.11. The number of rotatable bonds is 4. The van der Waals surface area contributed by atoms with Crippen LogP contribution < -0.4 is 5.32 Å². The van der Waals surface area contributed by atoms with Gasteiger partial charge in [-0.3, -0.25) is 14.3 Å². The summed E-state index contributed by atoms with van der Waals surface area (Å²) >= 11 is 0. The van der Waals surface area contributed by atoms with Crippen molar-refractivity contribution in [2.24, 2.45) is 13.0 Å². The highest BCUT2D eigenvalue weighted by Gasteiger charge is 2.35. The first-order chi connectivity index (χ1) is 9.01. The number of amides is 2. The fourth-order valence-electron chi connectivity index (χ4n) is 2.23. The van der Waals surface area contributed by atoms with Crippen LogP contribution in [0.4, 0.5) is 0 Å². The largest absolute Gasteiger partial charge is 0.342 e. The number of aromatic nitrogens is 2. The Morgan fingerprint density at radius 3 is 2.84 bits per heavy atom. The van der Waals surface area contributed by atoms with E-state index in [9.17, 15) is 9.59 Å². The summed E-state index contributed by atoms with van der Waals surface area (Å²) in [5, 5.41) is 7.03. The van der Waals surface area contributed by atoms with Gasteiger partial charge in [-0.1, -0.05) is 20.3 Å². The lowest BCUT2D eigenvalue weighted by molar-refractivity contribution is -0.146. The number of hydrogen-bond donors (Lipinski definition) is 1. The van der Waals surface area contributed by atoms with Gasteiger partial charge in [-0.25, -0.2) is 0 Å². The standard InChI is InChI=1S/C13H20N4O2/c1-4-9(2)12-13(19)17(8-11(18)14-12)7-10-5-6-16(3)15-10/h5-6,9,12H,4,7-8H2,1-3H3,(H,14,18). The summed E-state index contributed by atoms with van der Waals surface area (Å²) in [5.41, 5.74) is 0.799. The van der Waals surface area contributed by atoms with Gasteiger partial charge in [0, 0.05) is 13.2 Å². The zero-order valence-electron chi connectivity index (χ0n) is 11.6. The maximum absolute atomic E-state index is 12.4. The molecule has 0 saturated carbocycles. The highest BCUT2D eigenvalue weighted by Crippen LogP contribution is 2.15. The number of piperazine rings is 1. The zero-order valence-corrected chi connectivity index (χ0v) is 11.6. The van der Waals surface area contributed by atoms with Crippen LogP contribution in [-0.4, -0.2) is 39.1 Å². The molecule has 2 heterocycles. The van der Waals surface area contributed by atoms with E-state index in [4.69, 9.17) is 0 Å². The maximum atomic E-state index is 12.4. The summed E-state index contributed by atoms with van der Waals surface area (Å²) in [6.45, 7) is 4.50. The van der Waals surface area contributed by atoms with E-state index in [1.54, 1.807) is 9.58 Å². The van der Waals surface area contributed by atoms with Gasteiger partial charge in [0.25, 0.3) is 0 Å². The molecule has 2 rings (SSSR count). The summed E-state index contributed by atoms with van der Waals surface area (Å²) in [6, 6.07) is 1.45. The Kier molecular flexibility index (Phi) is 3.87. The first kappa shape index (κ1) is 13.6. The molecule has 0 radical (unpaired) electrons. The highest BCUT2D eigenvalue weighted by molar-refractivity contribution is 5.94. The lowest BCUT2D eigenvalue weighted by Gasteiger charge is -2.34. The van der Waals surface area contributed by atoms with E-state index in [0.717, 1.165) is 12.1 Å². The normalized spacial score (nSPS) is 21.4. The maximum Gasteiger partial charge on any atom is 0.246 e. The fraction of sp³-hybridized carbons (Fsp3) is 0.615. The summed E-state index contributed by atoms with van der Waals surface area (Å²) in [4.78, 5) is 25.7. The minimum absolute atomic E-state index is 0.0143. The number of nitrogens with zero attached hydrogens (tertiary/aromatic N) is 3. The van der Waals surface area contributed by atoms with E-state index in [1.807, 2.05) is 33.2 Å². The zero-order chi connectivity index (χ0) is 14.0. The number of carbonyl (C=O) groups excluding carboxylic acids is 2. The molecule has 1 aromatic heterocycles. The summed E-state index contributed by atoms with van der Waals surface area (Å²) in [7, 11) is 1.83. The van der Waals surface area contributed by atoms with Crippen LogP contribution in [0.2, 0.25) is 0 Å². The molecule has 1 fully saturated rings. The molecule has 1 aliphatic rings. The first-order valence-corrected chi connectivity index (χ1v) is 6.58. The predicted molar refractivity (Wildman–Crippen MR) is 70.0 cm³/mol. The molecule has 104 valence electrons. The van der Waals surface area contributed by atoms with Gasteiger partial charge in [0.2, 0.25) is 11.8 Å². The molecule has 1 N–H and O–H groups in total. The van der Waals surface area contributed by atoms with Crippen molar-refractivity contribution in [1.29, 1.82) is 0 Å². The van der Waals surface area contributed by atoms with Gasteiger partial charge in [0.05, 0.1) is 12.2 Å². The monoisotopic (exact) mass is 264 g/mol. The third-order valence-corrected chi connectivity index (χ3v) is 3.56. The predicted octanol–water partition coefficient (Wildman–Crippen LogP) is 0.293. The highest BCUT2D eigenvalue weighted by atomic mass is 16.2. The molecule has 0 aromatic carbocycles. The molecule has 2 atom stereocenters. The molecule has 0 spiro atoms. The number of aryl methyl sites for hydroxylation is 1. The average Bonchev–Trinajstić information content (AvgIpc) is 2.78. The Balaban J connectivity index is 2.11. The van der Waals surface area contributed by atoms with Gasteiger partial charge in [0.1, 0.15) is 12.6 Å². The Morgan fingerprint density at radius 1 is 1.53 bits per heavy atom. The van der Waals surface area contributed by atoms with E-state index in [-0.39, 0.29) is 24.3 Å². The van der Waals surface area contributed by atoms with E-state index < -0.39 is 6.04 Å². The number of hydrogen-bond acceptors (Lipinski definition) is 3. The van der Waals surface area contributed by atoms with Crippen molar-refractivity contribution in [3.05, 3.63) is 18.0 Å². The lowest BCUT2D eigenvalue weighted by Crippen LogP contribution is -2.59. The van der Waals surface area contributed by atoms with Crippen LogP contribution in [-0.2, 0) is 23.2 Å². The van der Waals surface area contributed by atoms with Gasteiger partial charge in [-0.15, -0.1) is 0 Å². The van der Waals surface area contributed by atoms with Crippen LogP contribution in [0.15, 0.2) is 12.3 Å². The van der Waals surface area contributed by atoms with Crippen molar-refractivity contribution in [2.45, 2.75) is 32.9 Å². The van der Waals surface area contributed by atoms with Crippen molar-refractivity contribution in [3.8, 4) is 0 Å². The molecule has 1 saturated heterocycles. The SMILES string of the molecule is CCC(C)C1NC(=O)CN(Cc2ccn(C)n2)C1=O. The molecule has 1 aliphatic heterocycles. The van der Waals surface area contributed by atoms with E-state index >= 15 is 0 Å². The molecule has 2 amide bonds. The molecule has 19 heavy (non-hydrogen) atoms. The first-order valence-electron chi connectivity index (χ1n) is 6.58. The van der Waals surface area contributed by atoms with Gasteiger partial charge >= 0.3 is 0 Å². The molecular weight excluding hydrogens is 244 g/mol. The fourth-order valence-corrected chi connectivity index (χ4v) is 2.23. The van der Waals surface area contributed by atoms with E-state index in [2.05, 4.69) is 10.4 Å². The van der Waals surface area contributed by atoms with Crippen LogP contribution in [0.25, 0.3) is 0 Å². The summed E-state index contributed by atoms with van der Waals surface area (Å²) in [5.74, 6) is 0.0309. The Labute approximate surface area is 112 Å². The third-order valence-electron chi connectivity index (χ3n) is 3.56. The van der Waals surface area contributed by atoms with Crippen LogP contribution >= 0.6 is 0 Å². The minimum Gasteiger partial charge on any atom is -0.342 e. The molecule has 0 aliphatic carbocycles. The van der Waals surface area contributed by atoms with Gasteiger partial charge in [0.15, 0.2) is 0 Å². The van der Waals surface area contributed by atoms with Crippen molar-refractivity contribution < 1.29 is 9.59 Å². The lowest BCUT2D eigenvalue weighted by atomic mass is 9.96. The molecular formula is C13H20N4O2. The second-order valence-electron chi connectivity index (χ2n) is 5.11. The Bertz CT molecular complexity index is 483. The third kappa shape index (κ3) is 2.94. The number of nitrogens with one attached hydrogen (secondary N) is 1. The number of carbonyl (C=O) groups is 2. The van der Waals surface area contributed by atoms with Crippen molar-refractivity contribution >= 4 is 11.8 Å². The molecule has 6 nitrogen and oxygen atoms in total. The van der Waals surface area contributed by atoms with Gasteiger partial charge < -0.3 is 10.2 Å². The van der Waals surface area contributed by atoms with E-state index in [0.29, 0.717) is 6.54 Å². The van der Waals surface area contributed by atoms with Crippen LogP contribution in [0, 0.1) is 5.92 Å².